The Labute approximate surface area is 160 Å². The molecule has 1 saturated heterocycles. The highest BCUT2D eigenvalue weighted by Gasteiger charge is 2.26. The molecule has 1 atom stereocenters. The number of amides is 3. The van der Waals surface area contributed by atoms with Gasteiger partial charge in [-0.2, -0.15) is 0 Å². The molecule has 1 aliphatic rings. The van der Waals surface area contributed by atoms with Crippen LogP contribution in [0.25, 0.3) is 0 Å². The van der Waals surface area contributed by atoms with Crippen LogP contribution in [-0.4, -0.2) is 48.0 Å². The second-order valence-corrected chi connectivity index (χ2v) is 7.85. The molecule has 1 fully saturated rings. The lowest BCUT2D eigenvalue weighted by atomic mass is 10.0. The third-order valence-corrected chi connectivity index (χ3v) is 4.20. The summed E-state index contributed by atoms with van der Waals surface area (Å²) in [6.07, 6.45) is 2.21. The SMILES string of the molecule is CN(CCCc1ccc(NC2CCC(=O)NC2=O)cc1)C(=O)OC(C)(C)C. The quantitative estimate of drug-likeness (QED) is 0.747. The van der Waals surface area contributed by atoms with Crippen LogP contribution in [0.15, 0.2) is 24.3 Å². The molecule has 2 N–H and O–H groups in total. The Kier molecular flexibility index (Phi) is 6.82. The van der Waals surface area contributed by atoms with Gasteiger partial charge in [-0.15, -0.1) is 0 Å². The molecule has 1 unspecified atom stereocenters. The van der Waals surface area contributed by atoms with Crippen molar-refractivity contribution in [1.29, 1.82) is 0 Å². The average molecular weight is 375 g/mol. The van der Waals surface area contributed by atoms with E-state index in [-0.39, 0.29) is 23.9 Å². The van der Waals surface area contributed by atoms with Gasteiger partial charge in [0.1, 0.15) is 11.6 Å². The minimum absolute atomic E-state index is 0.218. The molecule has 148 valence electrons. The van der Waals surface area contributed by atoms with E-state index in [0.29, 0.717) is 19.4 Å². The lowest BCUT2D eigenvalue weighted by Gasteiger charge is -2.24. The van der Waals surface area contributed by atoms with E-state index < -0.39 is 5.60 Å². The number of aryl methyl sites for hydroxylation is 1. The number of piperidine rings is 1. The normalized spacial score (nSPS) is 17.3. The van der Waals surface area contributed by atoms with Crippen molar-refractivity contribution in [3.63, 3.8) is 0 Å². The van der Waals surface area contributed by atoms with Gasteiger partial charge in [0, 0.05) is 25.7 Å². The maximum Gasteiger partial charge on any atom is 0.410 e. The first-order valence-corrected chi connectivity index (χ1v) is 9.27. The number of hydrogen-bond acceptors (Lipinski definition) is 5. The van der Waals surface area contributed by atoms with E-state index in [9.17, 15) is 14.4 Å². The Morgan fingerprint density at radius 3 is 2.52 bits per heavy atom. The zero-order valence-corrected chi connectivity index (χ0v) is 16.5. The Balaban J connectivity index is 1.76. The van der Waals surface area contributed by atoms with Crippen LogP contribution in [0.3, 0.4) is 0 Å². The second kappa shape index (κ2) is 8.88. The lowest BCUT2D eigenvalue weighted by molar-refractivity contribution is -0.133. The fourth-order valence-corrected chi connectivity index (χ4v) is 2.75. The monoisotopic (exact) mass is 375 g/mol. The van der Waals surface area contributed by atoms with Crippen LogP contribution >= 0.6 is 0 Å². The first-order valence-electron chi connectivity index (χ1n) is 9.27. The number of ether oxygens (including phenoxy) is 1. The molecule has 27 heavy (non-hydrogen) atoms. The van der Waals surface area contributed by atoms with Crippen LogP contribution in [0.2, 0.25) is 0 Å². The van der Waals surface area contributed by atoms with E-state index >= 15 is 0 Å². The molecule has 0 aromatic heterocycles. The molecule has 7 heteroatoms. The molecule has 1 aromatic carbocycles. The van der Waals surface area contributed by atoms with Crippen molar-refractivity contribution in [3.05, 3.63) is 29.8 Å². The van der Waals surface area contributed by atoms with Crippen molar-refractivity contribution >= 4 is 23.6 Å². The zero-order chi connectivity index (χ0) is 20.0. The summed E-state index contributed by atoms with van der Waals surface area (Å²) in [7, 11) is 1.74. The number of carbonyl (C=O) groups is 3. The predicted octanol–water partition coefficient (Wildman–Crippen LogP) is 2.70. The van der Waals surface area contributed by atoms with Crippen molar-refractivity contribution in [3.8, 4) is 0 Å². The molecule has 1 aromatic rings. The number of anilines is 1. The number of benzene rings is 1. The average Bonchev–Trinajstić information content (AvgIpc) is 2.57. The molecule has 3 amide bonds. The summed E-state index contributed by atoms with van der Waals surface area (Å²) in [5.74, 6) is -0.495. The highest BCUT2D eigenvalue weighted by Crippen LogP contribution is 2.16. The first kappa shape index (κ1) is 20.7. The fourth-order valence-electron chi connectivity index (χ4n) is 2.75. The Bertz CT molecular complexity index is 679. The Hall–Kier alpha value is -2.57. The van der Waals surface area contributed by atoms with E-state index in [1.165, 1.54) is 0 Å². The van der Waals surface area contributed by atoms with Gasteiger partial charge in [-0.1, -0.05) is 12.1 Å². The van der Waals surface area contributed by atoms with Gasteiger partial charge >= 0.3 is 6.09 Å². The minimum Gasteiger partial charge on any atom is -0.444 e. The summed E-state index contributed by atoms with van der Waals surface area (Å²) in [5, 5.41) is 5.50. The van der Waals surface area contributed by atoms with Gasteiger partial charge in [-0.05, 0) is 57.7 Å². The smallest absolute Gasteiger partial charge is 0.410 e. The van der Waals surface area contributed by atoms with Gasteiger partial charge in [0.05, 0.1) is 0 Å². The third-order valence-electron chi connectivity index (χ3n) is 4.20. The van der Waals surface area contributed by atoms with Crippen molar-refractivity contribution in [2.24, 2.45) is 0 Å². The number of nitrogens with one attached hydrogen (secondary N) is 2. The van der Waals surface area contributed by atoms with Crippen LogP contribution in [0.4, 0.5) is 10.5 Å². The molecule has 0 spiro atoms. The summed E-state index contributed by atoms with van der Waals surface area (Å²) < 4.78 is 5.33. The van der Waals surface area contributed by atoms with Gasteiger partial charge < -0.3 is 15.0 Å². The van der Waals surface area contributed by atoms with Crippen molar-refractivity contribution in [1.82, 2.24) is 10.2 Å². The number of imide groups is 1. The lowest BCUT2D eigenvalue weighted by Crippen LogP contribution is -2.47. The highest BCUT2D eigenvalue weighted by molar-refractivity contribution is 6.01. The van der Waals surface area contributed by atoms with Crippen molar-refractivity contribution in [2.75, 3.05) is 18.9 Å². The second-order valence-electron chi connectivity index (χ2n) is 7.85. The molecule has 0 saturated carbocycles. The van der Waals surface area contributed by atoms with Gasteiger partial charge in [-0.3, -0.25) is 14.9 Å². The summed E-state index contributed by atoms with van der Waals surface area (Å²) in [4.78, 5) is 36.5. The maximum atomic E-state index is 11.9. The van der Waals surface area contributed by atoms with Crippen molar-refractivity contribution in [2.45, 2.75) is 58.1 Å². The van der Waals surface area contributed by atoms with Crippen LogP contribution in [-0.2, 0) is 20.7 Å². The van der Waals surface area contributed by atoms with E-state index in [2.05, 4.69) is 10.6 Å². The number of nitrogens with zero attached hydrogens (tertiary/aromatic N) is 1. The maximum absolute atomic E-state index is 11.9. The predicted molar refractivity (Wildman–Crippen MR) is 103 cm³/mol. The van der Waals surface area contributed by atoms with Crippen molar-refractivity contribution < 1.29 is 19.1 Å². The van der Waals surface area contributed by atoms with Gasteiger partial charge in [0.25, 0.3) is 0 Å². The number of carbonyl (C=O) groups excluding carboxylic acids is 3. The van der Waals surface area contributed by atoms with E-state index in [1.807, 2.05) is 45.0 Å². The largest absolute Gasteiger partial charge is 0.444 e. The fraction of sp³-hybridized carbons (Fsp3) is 0.550. The third kappa shape index (κ3) is 6.92. The Morgan fingerprint density at radius 1 is 1.26 bits per heavy atom. The summed E-state index contributed by atoms with van der Waals surface area (Å²) in [6, 6.07) is 7.48. The van der Waals surface area contributed by atoms with E-state index in [1.54, 1.807) is 11.9 Å². The first-order chi connectivity index (χ1) is 12.6. The summed E-state index contributed by atoms with van der Waals surface area (Å²) >= 11 is 0. The van der Waals surface area contributed by atoms with Crippen LogP contribution < -0.4 is 10.6 Å². The van der Waals surface area contributed by atoms with E-state index in [0.717, 1.165) is 24.1 Å². The van der Waals surface area contributed by atoms with E-state index in [4.69, 9.17) is 4.74 Å². The summed E-state index contributed by atoms with van der Waals surface area (Å²) in [6.45, 7) is 6.17. The molecule has 1 aliphatic heterocycles. The van der Waals surface area contributed by atoms with Gasteiger partial charge in [0.15, 0.2) is 0 Å². The molecule has 0 radical (unpaired) electrons. The molecular formula is C20H29N3O4. The molecule has 0 aliphatic carbocycles. The molecule has 1 heterocycles. The molecule has 2 rings (SSSR count). The topological polar surface area (TPSA) is 87.7 Å². The van der Waals surface area contributed by atoms with Crippen LogP contribution in [0.1, 0.15) is 45.6 Å². The zero-order valence-electron chi connectivity index (χ0n) is 16.5. The number of hydrogen-bond donors (Lipinski definition) is 2. The van der Waals surface area contributed by atoms with Crippen LogP contribution in [0, 0.1) is 0 Å². The number of rotatable bonds is 6. The van der Waals surface area contributed by atoms with Gasteiger partial charge in [0.2, 0.25) is 11.8 Å². The Morgan fingerprint density at radius 2 is 1.93 bits per heavy atom. The molecule has 7 nitrogen and oxygen atoms in total. The highest BCUT2D eigenvalue weighted by atomic mass is 16.6. The molecule has 0 bridgehead atoms. The standard InChI is InChI=1S/C20H29N3O4/c1-20(2,3)27-19(26)23(4)13-5-6-14-7-9-15(10-8-14)21-16-11-12-17(24)22-18(16)25/h7-10,16,21H,5-6,11-13H2,1-4H3,(H,22,24,25). The minimum atomic E-state index is -0.489. The molecular weight excluding hydrogens is 346 g/mol. The summed E-state index contributed by atoms with van der Waals surface area (Å²) in [5.41, 5.74) is 1.51. The van der Waals surface area contributed by atoms with Crippen LogP contribution in [0.5, 0.6) is 0 Å². The van der Waals surface area contributed by atoms with Gasteiger partial charge in [-0.25, -0.2) is 4.79 Å².